The van der Waals surface area contributed by atoms with E-state index in [9.17, 15) is 14.9 Å². The Morgan fingerprint density at radius 3 is 2.54 bits per heavy atom. The maximum absolute atomic E-state index is 12.0. The number of carbonyl (C=O) groups is 1. The molecule has 3 N–H and O–H groups in total. The Balaban J connectivity index is 0.00000529. The van der Waals surface area contributed by atoms with Gasteiger partial charge >= 0.3 is 5.69 Å². The summed E-state index contributed by atoms with van der Waals surface area (Å²) in [6.45, 7) is 4.31. The molecule has 9 heteroatoms. The van der Waals surface area contributed by atoms with E-state index >= 15 is 0 Å². The fourth-order valence-corrected chi connectivity index (χ4v) is 2.30. The zero-order chi connectivity index (χ0) is 17.5. The Kier molecular flexibility index (Phi) is 9.65. The van der Waals surface area contributed by atoms with Crippen LogP contribution in [0.3, 0.4) is 0 Å². The highest BCUT2D eigenvalue weighted by Crippen LogP contribution is 2.29. The summed E-state index contributed by atoms with van der Waals surface area (Å²) in [5.74, 6) is -0.112. The van der Waals surface area contributed by atoms with Gasteiger partial charge in [0.2, 0.25) is 5.91 Å². The van der Waals surface area contributed by atoms with Crippen molar-refractivity contribution in [3.8, 4) is 5.75 Å². The standard InChI is InChI=1S/C15H22ClN3O4.ClH/c1-3-15(4-2,10-17)18-14(20)7-8-23-13-6-5-11(16)9-12(13)19(21)22;/h5-6,9H,3-4,7-8,10,17H2,1-2H3,(H,18,20);1H. The zero-order valence-electron chi connectivity index (χ0n) is 13.7. The number of nitrogens with one attached hydrogen (secondary N) is 1. The molecule has 0 aromatic heterocycles. The number of benzene rings is 1. The Morgan fingerprint density at radius 2 is 2.04 bits per heavy atom. The lowest BCUT2D eigenvalue weighted by molar-refractivity contribution is -0.385. The van der Waals surface area contributed by atoms with Crippen molar-refractivity contribution in [3.63, 3.8) is 0 Å². The number of hydrogen-bond acceptors (Lipinski definition) is 5. The number of hydrogen-bond donors (Lipinski definition) is 2. The molecule has 0 atom stereocenters. The first-order chi connectivity index (χ1) is 10.9. The van der Waals surface area contributed by atoms with Crippen molar-refractivity contribution >= 4 is 35.6 Å². The van der Waals surface area contributed by atoms with E-state index in [4.69, 9.17) is 22.1 Å². The molecule has 0 fully saturated rings. The average molecular weight is 380 g/mol. The molecule has 0 saturated heterocycles. The van der Waals surface area contributed by atoms with Gasteiger partial charge in [-0.25, -0.2) is 0 Å². The van der Waals surface area contributed by atoms with Gasteiger partial charge in [-0.1, -0.05) is 25.4 Å². The smallest absolute Gasteiger partial charge is 0.312 e. The van der Waals surface area contributed by atoms with Crippen LogP contribution in [0.5, 0.6) is 5.75 Å². The number of nitrogens with two attached hydrogens (primary N) is 1. The van der Waals surface area contributed by atoms with Gasteiger partial charge in [0.25, 0.3) is 0 Å². The van der Waals surface area contributed by atoms with E-state index in [0.29, 0.717) is 6.54 Å². The van der Waals surface area contributed by atoms with E-state index in [1.54, 1.807) is 0 Å². The molecule has 1 amide bonds. The lowest BCUT2D eigenvalue weighted by atomic mass is 9.93. The Morgan fingerprint density at radius 1 is 1.42 bits per heavy atom. The van der Waals surface area contributed by atoms with Crippen molar-refractivity contribution in [1.82, 2.24) is 5.32 Å². The van der Waals surface area contributed by atoms with E-state index in [1.165, 1.54) is 18.2 Å². The predicted octanol–water partition coefficient (Wildman–Crippen LogP) is 3.07. The molecular weight excluding hydrogens is 357 g/mol. The maximum atomic E-state index is 12.0. The van der Waals surface area contributed by atoms with Gasteiger partial charge in [-0.2, -0.15) is 0 Å². The van der Waals surface area contributed by atoms with Crippen molar-refractivity contribution in [2.45, 2.75) is 38.6 Å². The molecule has 0 radical (unpaired) electrons. The molecule has 0 aliphatic heterocycles. The number of rotatable bonds is 9. The van der Waals surface area contributed by atoms with Crippen molar-refractivity contribution < 1.29 is 14.5 Å². The van der Waals surface area contributed by atoms with E-state index in [2.05, 4.69) is 5.32 Å². The molecule has 1 aromatic carbocycles. The van der Waals surface area contributed by atoms with Crippen LogP contribution in [0.2, 0.25) is 5.02 Å². The molecule has 1 aromatic rings. The van der Waals surface area contributed by atoms with E-state index in [-0.39, 0.29) is 47.8 Å². The minimum absolute atomic E-state index is 0. The Hall–Kier alpha value is -1.57. The van der Waals surface area contributed by atoms with Crippen LogP contribution in [0, 0.1) is 10.1 Å². The first-order valence-corrected chi connectivity index (χ1v) is 7.83. The molecule has 24 heavy (non-hydrogen) atoms. The van der Waals surface area contributed by atoms with Crippen molar-refractivity contribution in [2.75, 3.05) is 13.2 Å². The summed E-state index contributed by atoms with van der Waals surface area (Å²) < 4.78 is 5.35. The molecule has 0 aliphatic rings. The topological polar surface area (TPSA) is 107 Å². The zero-order valence-corrected chi connectivity index (χ0v) is 15.3. The lowest BCUT2D eigenvalue weighted by Crippen LogP contribution is -2.53. The number of ether oxygens (including phenoxy) is 1. The monoisotopic (exact) mass is 379 g/mol. The van der Waals surface area contributed by atoms with Crippen LogP contribution in [-0.2, 0) is 4.79 Å². The number of nitrogens with zero attached hydrogens (tertiary/aromatic N) is 1. The van der Waals surface area contributed by atoms with Gasteiger partial charge in [0.05, 0.1) is 23.5 Å². The third-order valence-electron chi connectivity index (χ3n) is 3.85. The van der Waals surface area contributed by atoms with E-state index in [1.807, 2.05) is 13.8 Å². The van der Waals surface area contributed by atoms with E-state index < -0.39 is 10.5 Å². The van der Waals surface area contributed by atoms with Crippen molar-refractivity contribution in [1.29, 1.82) is 0 Å². The molecule has 0 spiro atoms. The fraction of sp³-hybridized carbons (Fsp3) is 0.533. The summed E-state index contributed by atoms with van der Waals surface area (Å²) in [6.07, 6.45) is 1.55. The Labute approximate surface area is 152 Å². The molecular formula is C15H23Cl2N3O4. The van der Waals surface area contributed by atoms with Gasteiger partial charge in [-0.15, -0.1) is 12.4 Å². The molecule has 0 bridgehead atoms. The number of amides is 1. The second kappa shape index (κ2) is 10.3. The highest BCUT2D eigenvalue weighted by atomic mass is 35.5. The van der Waals surface area contributed by atoms with Crippen LogP contribution in [0.4, 0.5) is 5.69 Å². The molecule has 136 valence electrons. The SMILES string of the molecule is CCC(CC)(CN)NC(=O)CCOc1ccc(Cl)cc1[N+](=O)[O-].Cl. The quantitative estimate of drug-likeness (QED) is 0.506. The van der Waals surface area contributed by atoms with Gasteiger partial charge in [0.1, 0.15) is 0 Å². The van der Waals surface area contributed by atoms with Gasteiger partial charge < -0.3 is 15.8 Å². The largest absolute Gasteiger partial charge is 0.486 e. The predicted molar refractivity (Wildman–Crippen MR) is 96.0 cm³/mol. The Bertz CT molecular complexity index is 557. The molecule has 1 rings (SSSR count). The summed E-state index contributed by atoms with van der Waals surface area (Å²) in [6, 6.07) is 4.13. The third kappa shape index (κ3) is 6.14. The first kappa shape index (κ1) is 22.4. The van der Waals surface area contributed by atoms with Crippen LogP contribution in [-0.4, -0.2) is 29.5 Å². The van der Waals surface area contributed by atoms with Crippen LogP contribution >= 0.6 is 24.0 Å². The third-order valence-corrected chi connectivity index (χ3v) is 4.09. The normalized spacial score (nSPS) is 10.7. The summed E-state index contributed by atoms with van der Waals surface area (Å²) in [4.78, 5) is 22.4. The second-order valence-electron chi connectivity index (χ2n) is 5.21. The number of nitro benzene ring substituents is 1. The number of nitro groups is 1. The van der Waals surface area contributed by atoms with E-state index in [0.717, 1.165) is 12.8 Å². The maximum Gasteiger partial charge on any atom is 0.312 e. The fourth-order valence-electron chi connectivity index (χ4n) is 2.13. The van der Waals surface area contributed by atoms with Crippen LogP contribution < -0.4 is 15.8 Å². The van der Waals surface area contributed by atoms with Crippen LogP contribution in [0.15, 0.2) is 18.2 Å². The van der Waals surface area contributed by atoms with Crippen molar-refractivity contribution in [2.24, 2.45) is 5.73 Å². The number of carbonyl (C=O) groups excluding carboxylic acids is 1. The highest BCUT2D eigenvalue weighted by Gasteiger charge is 2.26. The van der Waals surface area contributed by atoms with Crippen LogP contribution in [0.1, 0.15) is 33.1 Å². The summed E-state index contributed by atoms with van der Waals surface area (Å²) in [5, 5.41) is 14.1. The first-order valence-electron chi connectivity index (χ1n) is 7.45. The molecule has 0 saturated carbocycles. The average Bonchev–Trinajstić information content (AvgIpc) is 2.54. The molecule has 0 aliphatic carbocycles. The lowest BCUT2D eigenvalue weighted by Gasteiger charge is -2.31. The highest BCUT2D eigenvalue weighted by molar-refractivity contribution is 6.30. The van der Waals surface area contributed by atoms with Gasteiger partial charge in [-0.05, 0) is 25.0 Å². The molecule has 7 nitrogen and oxygen atoms in total. The second-order valence-corrected chi connectivity index (χ2v) is 5.64. The number of halogens is 2. The minimum atomic E-state index is -0.575. The molecule has 0 heterocycles. The summed E-state index contributed by atoms with van der Waals surface area (Å²) >= 11 is 5.73. The summed E-state index contributed by atoms with van der Waals surface area (Å²) in [5.41, 5.74) is 5.09. The van der Waals surface area contributed by atoms with Gasteiger partial charge in [-0.3, -0.25) is 14.9 Å². The van der Waals surface area contributed by atoms with Gasteiger partial charge in [0.15, 0.2) is 5.75 Å². The minimum Gasteiger partial charge on any atom is -0.486 e. The van der Waals surface area contributed by atoms with Gasteiger partial charge in [0, 0.05) is 17.6 Å². The van der Waals surface area contributed by atoms with Crippen molar-refractivity contribution in [3.05, 3.63) is 33.3 Å². The summed E-state index contributed by atoms with van der Waals surface area (Å²) in [7, 11) is 0. The van der Waals surface area contributed by atoms with Crippen LogP contribution in [0.25, 0.3) is 0 Å². The molecule has 0 unspecified atom stereocenters.